The number of nitrogens with one attached hydrogen (secondary N) is 1. The number of carboxylic acids is 1. The van der Waals surface area contributed by atoms with Gasteiger partial charge in [0.2, 0.25) is 0 Å². The lowest BCUT2D eigenvalue weighted by Gasteiger charge is -2.08. The molecule has 2 N–H and O–H groups in total. The molecule has 2 heterocycles. The monoisotopic (exact) mass is 277 g/mol. The summed E-state index contributed by atoms with van der Waals surface area (Å²) in [7, 11) is 0. The number of nitrogens with zero attached hydrogens (tertiary/aromatic N) is 2. The van der Waals surface area contributed by atoms with Crippen LogP contribution in [0.25, 0.3) is 0 Å². The molecule has 2 rings (SSSR count). The van der Waals surface area contributed by atoms with Gasteiger partial charge in [-0.15, -0.1) is 0 Å². The van der Waals surface area contributed by atoms with E-state index in [0.29, 0.717) is 11.3 Å². The molecule has 19 heavy (non-hydrogen) atoms. The summed E-state index contributed by atoms with van der Waals surface area (Å²) in [4.78, 5) is 33.4. The first-order valence-electron chi connectivity index (χ1n) is 5.42. The first-order chi connectivity index (χ1) is 8.99. The Hall–Kier alpha value is -2.15. The number of H-pyrrole nitrogens is 1. The van der Waals surface area contributed by atoms with Crippen LogP contribution in [0.15, 0.2) is 33.3 Å². The molecule has 0 aliphatic heterocycles. The smallest absolute Gasteiger partial charge is 0.338 e. The van der Waals surface area contributed by atoms with E-state index in [9.17, 15) is 14.7 Å². The van der Waals surface area contributed by atoms with Crippen LogP contribution >= 0.6 is 11.8 Å². The molecule has 0 aromatic carbocycles. The van der Waals surface area contributed by atoms with Gasteiger partial charge in [-0.05, 0) is 37.2 Å². The fourth-order valence-electron chi connectivity index (χ4n) is 1.64. The van der Waals surface area contributed by atoms with E-state index in [1.54, 1.807) is 19.9 Å². The van der Waals surface area contributed by atoms with Crippen molar-refractivity contribution >= 4 is 17.7 Å². The maximum absolute atomic E-state index is 11.6. The van der Waals surface area contributed by atoms with Crippen LogP contribution in [0.2, 0.25) is 0 Å². The summed E-state index contributed by atoms with van der Waals surface area (Å²) < 4.78 is 0. The molecule has 0 unspecified atom stereocenters. The normalized spacial score (nSPS) is 10.4. The molecule has 0 bridgehead atoms. The third kappa shape index (κ3) is 2.82. The van der Waals surface area contributed by atoms with Crippen LogP contribution in [0.5, 0.6) is 0 Å². The average Bonchev–Trinajstić information content (AvgIpc) is 2.30. The molecular formula is C12H11N3O3S. The molecule has 2 aromatic heterocycles. The van der Waals surface area contributed by atoms with Crippen molar-refractivity contribution in [3.63, 3.8) is 0 Å². The van der Waals surface area contributed by atoms with Gasteiger partial charge in [0.1, 0.15) is 5.03 Å². The van der Waals surface area contributed by atoms with E-state index in [2.05, 4.69) is 15.0 Å². The minimum atomic E-state index is -1.07. The van der Waals surface area contributed by atoms with Crippen molar-refractivity contribution in [2.75, 3.05) is 0 Å². The summed E-state index contributed by atoms with van der Waals surface area (Å²) in [5.41, 5.74) is 1.03. The van der Waals surface area contributed by atoms with Gasteiger partial charge < -0.3 is 10.1 Å². The Balaban J connectivity index is 2.54. The standard InChI is InChI=1S/C12H11N3O3S/c1-6-5-7(2)15-10(8(6)12(17)18)19-11-9(16)13-3-4-14-11/h3-5H,1-2H3,(H,13,16)(H,17,18). The molecule has 98 valence electrons. The van der Waals surface area contributed by atoms with Gasteiger partial charge in [-0.2, -0.15) is 0 Å². The summed E-state index contributed by atoms with van der Waals surface area (Å²) in [6.45, 7) is 3.47. The SMILES string of the molecule is Cc1cc(C)c(C(=O)O)c(Sc2ncc[nH]c2=O)n1. The molecule has 7 heteroatoms. The third-order valence-electron chi connectivity index (χ3n) is 2.39. The first kappa shape index (κ1) is 13.3. The van der Waals surface area contributed by atoms with Crippen molar-refractivity contribution in [1.29, 1.82) is 0 Å². The quantitative estimate of drug-likeness (QED) is 0.885. The fraction of sp³-hybridized carbons (Fsp3) is 0.167. The minimum absolute atomic E-state index is 0.0978. The van der Waals surface area contributed by atoms with Crippen molar-refractivity contribution in [2.24, 2.45) is 0 Å². The summed E-state index contributed by atoms with van der Waals surface area (Å²) in [6, 6.07) is 1.69. The van der Waals surface area contributed by atoms with Crippen molar-refractivity contribution in [2.45, 2.75) is 23.9 Å². The van der Waals surface area contributed by atoms with Crippen molar-refractivity contribution in [1.82, 2.24) is 15.0 Å². The van der Waals surface area contributed by atoms with Gasteiger partial charge >= 0.3 is 5.97 Å². The maximum Gasteiger partial charge on any atom is 0.338 e. The van der Waals surface area contributed by atoms with Gasteiger partial charge in [-0.3, -0.25) is 4.79 Å². The number of aromatic carboxylic acids is 1. The molecule has 0 amide bonds. The Morgan fingerprint density at radius 1 is 1.37 bits per heavy atom. The molecular weight excluding hydrogens is 266 g/mol. The second kappa shape index (κ2) is 5.23. The predicted molar refractivity (Wildman–Crippen MR) is 69.7 cm³/mol. The van der Waals surface area contributed by atoms with Gasteiger partial charge in [0.15, 0.2) is 5.03 Å². The summed E-state index contributed by atoms with van der Waals surface area (Å²) in [5, 5.41) is 9.67. The maximum atomic E-state index is 11.6. The Morgan fingerprint density at radius 2 is 2.11 bits per heavy atom. The highest BCUT2D eigenvalue weighted by molar-refractivity contribution is 7.99. The van der Waals surface area contributed by atoms with Crippen LogP contribution < -0.4 is 5.56 Å². The largest absolute Gasteiger partial charge is 0.478 e. The number of rotatable bonds is 3. The van der Waals surface area contributed by atoms with Gasteiger partial charge in [-0.1, -0.05) is 0 Å². The molecule has 6 nitrogen and oxygen atoms in total. The van der Waals surface area contributed by atoms with Crippen LogP contribution in [0, 0.1) is 13.8 Å². The van der Waals surface area contributed by atoms with Gasteiger partial charge in [0, 0.05) is 18.1 Å². The highest BCUT2D eigenvalue weighted by atomic mass is 32.2. The number of carboxylic acid groups (broad SMARTS) is 1. The van der Waals surface area contributed by atoms with Crippen molar-refractivity contribution in [3.05, 3.63) is 45.6 Å². The van der Waals surface area contributed by atoms with Crippen molar-refractivity contribution < 1.29 is 9.90 Å². The van der Waals surface area contributed by atoms with E-state index in [0.717, 1.165) is 11.8 Å². The Labute approximate surface area is 112 Å². The molecule has 0 spiro atoms. The van der Waals surface area contributed by atoms with Crippen LogP contribution in [-0.2, 0) is 0 Å². The minimum Gasteiger partial charge on any atom is -0.478 e. The molecule has 0 saturated heterocycles. The summed E-state index contributed by atoms with van der Waals surface area (Å²) in [5.74, 6) is -1.07. The second-order valence-electron chi connectivity index (χ2n) is 3.89. The second-order valence-corrected chi connectivity index (χ2v) is 4.87. The molecule has 0 radical (unpaired) electrons. The zero-order valence-electron chi connectivity index (χ0n) is 10.3. The van der Waals surface area contributed by atoms with Crippen LogP contribution in [-0.4, -0.2) is 26.0 Å². The zero-order chi connectivity index (χ0) is 14.0. The Morgan fingerprint density at radius 3 is 2.74 bits per heavy atom. The number of hydrogen-bond donors (Lipinski definition) is 2. The van der Waals surface area contributed by atoms with E-state index in [-0.39, 0.29) is 21.2 Å². The van der Waals surface area contributed by atoms with E-state index in [1.807, 2.05) is 0 Å². The van der Waals surface area contributed by atoms with E-state index in [1.165, 1.54) is 12.4 Å². The highest BCUT2D eigenvalue weighted by Crippen LogP contribution is 2.27. The molecule has 2 aromatic rings. The van der Waals surface area contributed by atoms with Gasteiger partial charge in [-0.25, -0.2) is 14.8 Å². The summed E-state index contributed by atoms with van der Waals surface area (Å²) in [6.07, 6.45) is 2.85. The number of aromatic amines is 1. The molecule has 0 saturated carbocycles. The number of carbonyl (C=O) groups is 1. The van der Waals surface area contributed by atoms with Gasteiger partial charge in [0.25, 0.3) is 5.56 Å². The van der Waals surface area contributed by atoms with Crippen LogP contribution in [0.1, 0.15) is 21.6 Å². The van der Waals surface area contributed by atoms with Crippen LogP contribution in [0.3, 0.4) is 0 Å². The van der Waals surface area contributed by atoms with Crippen molar-refractivity contribution in [3.8, 4) is 0 Å². The lowest BCUT2D eigenvalue weighted by molar-refractivity contribution is 0.0691. The summed E-state index contributed by atoms with van der Waals surface area (Å²) >= 11 is 0.951. The third-order valence-corrected chi connectivity index (χ3v) is 3.37. The number of aryl methyl sites for hydroxylation is 2. The predicted octanol–water partition coefficient (Wildman–Crippen LogP) is 1.63. The Kier molecular flexibility index (Phi) is 3.66. The van der Waals surface area contributed by atoms with Gasteiger partial charge in [0.05, 0.1) is 5.56 Å². The topological polar surface area (TPSA) is 95.9 Å². The Bertz CT molecular complexity index is 697. The van der Waals surface area contributed by atoms with E-state index < -0.39 is 5.97 Å². The fourth-order valence-corrected chi connectivity index (χ4v) is 2.63. The number of hydrogen-bond acceptors (Lipinski definition) is 5. The van der Waals surface area contributed by atoms with E-state index in [4.69, 9.17) is 0 Å². The zero-order valence-corrected chi connectivity index (χ0v) is 11.1. The average molecular weight is 277 g/mol. The first-order valence-corrected chi connectivity index (χ1v) is 6.23. The number of pyridine rings is 1. The number of aromatic nitrogens is 3. The molecule has 0 aliphatic rings. The molecule has 0 aliphatic carbocycles. The lowest BCUT2D eigenvalue weighted by atomic mass is 10.1. The molecule has 0 atom stereocenters. The molecule has 0 fully saturated rings. The van der Waals surface area contributed by atoms with E-state index >= 15 is 0 Å². The van der Waals surface area contributed by atoms with Crippen LogP contribution in [0.4, 0.5) is 0 Å². The lowest BCUT2D eigenvalue weighted by Crippen LogP contribution is -2.11. The highest BCUT2D eigenvalue weighted by Gasteiger charge is 2.18.